The topological polar surface area (TPSA) is 69.7 Å². The van der Waals surface area contributed by atoms with Crippen molar-refractivity contribution in [3.8, 4) is 17.2 Å². The predicted octanol–water partition coefficient (Wildman–Crippen LogP) is 4.15. The molecule has 0 bridgehead atoms. The van der Waals surface area contributed by atoms with Gasteiger partial charge in [-0.15, -0.1) is 11.3 Å². The Kier molecular flexibility index (Phi) is 6.10. The van der Waals surface area contributed by atoms with E-state index in [1.54, 1.807) is 30.5 Å². The minimum Gasteiger partial charge on any atom is -0.493 e. The molecule has 0 aliphatic rings. The van der Waals surface area contributed by atoms with E-state index in [1.807, 2.05) is 0 Å². The lowest BCUT2D eigenvalue weighted by atomic mass is 10.1. The number of anilines is 1. The Morgan fingerprint density at radius 1 is 1.07 bits per heavy atom. The number of hydrogen-bond acceptors (Lipinski definition) is 6. The zero-order chi connectivity index (χ0) is 20.1. The molecule has 1 N–H and O–H groups in total. The quantitative estimate of drug-likeness (QED) is 0.643. The van der Waals surface area contributed by atoms with Gasteiger partial charge in [-0.1, -0.05) is 12.1 Å². The standard InChI is InChI=1S/C20H19FN2O4S/c1-25-16-9-13(10-17(26-2)18(16)27-3)19(24)23-20-22-11-15(28-20)8-12-4-6-14(21)7-5-12/h4-7,9-11H,8H2,1-3H3,(H,22,23,24). The Labute approximate surface area is 165 Å². The summed E-state index contributed by atoms with van der Waals surface area (Å²) in [6, 6.07) is 9.44. The number of carbonyl (C=O) groups is 1. The Morgan fingerprint density at radius 3 is 2.29 bits per heavy atom. The van der Waals surface area contributed by atoms with E-state index < -0.39 is 0 Å². The van der Waals surface area contributed by atoms with Crippen LogP contribution in [0, 0.1) is 5.82 Å². The Balaban J connectivity index is 1.74. The van der Waals surface area contributed by atoms with Crippen LogP contribution in [0.3, 0.4) is 0 Å². The van der Waals surface area contributed by atoms with E-state index >= 15 is 0 Å². The summed E-state index contributed by atoms with van der Waals surface area (Å²) in [6.07, 6.45) is 2.30. The number of rotatable bonds is 7. The van der Waals surface area contributed by atoms with Crippen LogP contribution in [0.4, 0.5) is 9.52 Å². The molecule has 0 saturated heterocycles. The predicted molar refractivity (Wildman–Crippen MR) is 105 cm³/mol. The molecule has 6 nitrogen and oxygen atoms in total. The number of aromatic nitrogens is 1. The highest BCUT2D eigenvalue weighted by molar-refractivity contribution is 7.15. The summed E-state index contributed by atoms with van der Waals surface area (Å²) in [5, 5.41) is 3.24. The molecular formula is C20H19FN2O4S. The molecule has 1 heterocycles. The molecule has 146 valence electrons. The van der Waals surface area contributed by atoms with Gasteiger partial charge in [0.15, 0.2) is 16.6 Å². The highest BCUT2D eigenvalue weighted by Crippen LogP contribution is 2.38. The van der Waals surface area contributed by atoms with Gasteiger partial charge in [-0.25, -0.2) is 9.37 Å². The van der Waals surface area contributed by atoms with Crippen LogP contribution in [0.2, 0.25) is 0 Å². The highest BCUT2D eigenvalue weighted by Gasteiger charge is 2.18. The number of nitrogens with one attached hydrogen (secondary N) is 1. The second kappa shape index (κ2) is 8.71. The lowest BCUT2D eigenvalue weighted by molar-refractivity contribution is 0.102. The molecule has 1 aromatic heterocycles. The van der Waals surface area contributed by atoms with Crippen molar-refractivity contribution < 1.29 is 23.4 Å². The van der Waals surface area contributed by atoms with Gasteiger partial charge >= 0.3 is 0 Å². The average Bonchev–Trinajstić information content (AvgIpc) is 3.15. The first-order chi connectivity index (χ1) is 13.5. The summed E-state index contributed by atoms with van der Waals surface area (Å²) in [5.74, 6) is 0.581. The first-order valence-electron chi connectivity index (χ1n) is 8.34. The molecule has 0 unspecified atom stereocenters. The molecule has 0 aliphatic carbocycles. The monoisotopic (exact) mass is 402 g/mol. The first kappa shape index (κ1) is 19.6. The highest BCUT2D eigenvalue weighted by atomic mass is 32.1. The van der Waals surface area contributed by atoms with E-state index in [2.05, 4.69) is 10.3 Å². The minimum absolute atomic E-state index is 0.272. The molecule has 8 heteroatoms. The lowest BCUT2D eigenvalue weighted by Crippen LogP contribution is -2.12. The van der Waals surface area contributed by atoms with Crippen LogP contribution in [-0.2, 0) is 6.42 Å². The average molecular weight is 402 g/mol. The Morgan fingerprint density at radius 2 is 1.71 bits per heavy atom. The van der Waals surface area contributed by atoms with Gasteiger partial charge < -0.3 is 14.2 Å². The molecule has 0 spiro atoms. The van der Waals surface area contributed by atoms with Crippen LogP contribution in [0.25, 0.3) is 0 Å². The molecule has 28 heavy (non-hydrogen) atoms. The molecule has 2 aromatic carbocycles. The summed E-state index contributed by atoms with van der Waals surface area (Å²) >= 11 is 1.36. The lowest BCUT2D eigenvalue weighted by Gasteiger charge is -2.13. The van der Waals surface area contributed by atoms with Crippen molar-refractivity contribution in [3.05, 3.63) is 64.4 Å². The fourth-order valence-corrected chi connectivity index (χ4v) is 3.47. The summed E-state index contributed by atoms with van der Waals surface area (Å²) in [4.78, 5) is 17.8. The summed E-state index contributed by atoms with van der Waals surface area (Å²) < 4.78 is 28.8. The van der Waals surface area contributed by atoms with Crippen LogP contribution >= 0.6 is 11.3 Å². The SMILES string of the molecule is COc1cc(C(=O)Nc2ncc(Cc3ccc(F)cc3)s2)cc(OC)c1OC. The fourth-order valence-electron chi connectivity index (χ4n) is 2.63. The largest absolute Gasteiger partial charge is 0.493 e. The Hall–Kier alpha value is -3.13. The minimum atomic E-state index is -0.345. The van der Waals surface area contributed by atoms with Gasteiger partial charge in [-0.2, -0.15) is 0 Å². The van der Waals surface area contributed by atoms with Crippen molar-refractivity contribution in [3.63, 3.8) is 0 Å². The molecule has 1 amide bonds. The van der Waals surface area contributed by atoms with Gasteiger partial charge in [0.2, 0.25) is 5.75 Å². The van der Waals surface area contributed by atoms with Gasteiger partial charge in [-0.05, 0) is 29.8 Å². The van der Waals surface area contributed by atoms with Crippen LogP contribution in [-0.4, -0.2) is 32.2 Å². The van der Waals surface area contributed by atoms with Crippen molar-refractivity contribution in [2.24, 2.45) is 0 Å². The third-order valence-corrected chi connectivity index (χ3v) is 4.91. The van der Waals surface area contributed by atoms with E-state index in [0.717, 1.165) is 10.4 Å². The summed E-state index contributed by atoms with van der Waals surface area (Å²) in [6.45, 7) is 0. The van der Waals surface area contributed by atoms with Gasteiger partial charge in [-0.3, -0.25) is 10.1 Å². The molecule has 0 saturated carbocycles. The molecular weight excluding hydrogens is 383 g/mol. The molecule has 3 aromatic rings. The van der Waals surface area contributed by atoms with Crippen LogP contribution < -0.4 is 19.5 Å². The van der Waals surface area contributed by atoms with Crippen LogP contribution in [0.1, 0.15) is 20.8 Å². The normalized spacial score (nSPS) is 10.4. The number of carbonyl (C=O) groups excluding carboxylic acids is 1. The molecule has 0 fully saturated rings. The number of methoxy groups -OCH3 is 3. The maximum Gasteiger partial charge on any atom is 0.257 e. The third kappa shape index (κ3) is 4.40. The van der Waals surface area contributed by atoms with E-state index in [4.69, 9.17) is 14.2 Å². The van der Waals surface area contributed by atoms with Crippen molar-refractivity contribution >= 4 is 22.4 Å². The van der Waals surface area contributed by atoms with E-state index in [0.29, 0.717) is 34.4 Å². The smallest absolute Gasteiger partial charge is 0.257 e. The van der Waals surface area contributed by atoms with Gasteiger partial charge in [0, 0.05) is 23.1 Å². The number of thiazole rings is 1. The van der Waals surface area contributed by atoms with Gasteiger partial charge in [0.05, 0.1) is 21.3 Å². The van der Waals surface area contributed by atoms with Crippen molar-refractivity contribution in [2.75, 3.05) is 26.6 Å². The van der Waals surface area contributed by atoms with Crippen molar-refractivity contribution in [1.82, 2.24) is 4.98 Å². The maximum absolute atomic E-state index is 13.0. The van der Waals surface area contributed by atoms with E-state index in [1.165, 1.54) is 44.8 Å². The van der Waals surface area contributed by atoms with E-state index in [-0.39, 0.29) is 11.7 Å². The first-order valence-corrected chi connectivity index (χ1v) is 9.16. The zero-order valence-electron chi connectivity index (χ0n) is 15.6. The maximum atomic E-state index is 13.0. The molecule has 3 rings (SSSR count). The summed E-state index contributed by atoms with van der Waals surface area (Å²) in [7, 11) is 4.47. The number of ether oxygens (including phenoxy) is 3. The molecule has 0 aliphatic heterocycles. The zero-order valence-corrected chi connectivity index (χ0v) is 16.4. The van der Waals surface area contributed by atoms with Crippen LogP contribution in [0.15, 0.2) is 42.6 Å². The number of nitrogens with zero attached hydrogens (tertiary/aromatic N) is 1. The van der Waals surface area contributed by atoms with Gasteiger partial charge in [0.25, 0.3) is 5.91 Å². The second-order valence-corrected chi connectivity index (χ2v) is 6.92. The van der Waals surface area contributed by atoms with E-state index in [9.17, 15) is 9.18 Å². The van der Waals surface area contributed by atoms with Crippen LogP contribution in [0.5, 0.6) is 17.2 Å². The molecule has 0 radical (unpaired) electrons. The fraction of sp³-hybridized carbons (Fsp3) is 0.200. The third-order valence-electron chi connectivity index (χ3n) is 3.99. The number of halogens is 1. The van der Waals surface area contributed by atoms with Gasteiger partial charge in [0.1, 0.15) is 5.82 Å². The number of hydrogen-bond donors (Lipinski definition) is 1. The number of amides is 1. The second-order valence-electron chi connectivity index (χ2n) is 5.80. The van der Waals surface area contributed by atoms with Crippen molar-refractivity contribution in [1.29, 1.82) is 0 Å². The summed E-state index contributed by atoms with van der Waals surface area (Å²) in [5.41, 5.74) is 1.32. The molecule has 0 atom stereocenters. The van der Waals surface area contributed by atoms with Crippen molar-refractivity contribution in [2.45, 2.75) is 6.42 Å². The Bertz CT molecular complexity index is 948. The number of benzene rings is 2.